The normalized spacial score (nSPS) is 15.2. The van der Waals surface area contributed by atoms with E-state index in [1.807, 2.05) is 18.2 Å². The molecule has 3 heteroatoms. The first-order valence-electron chi connectivity index (χ1n) is 5.91. The molecule has 1 aromatic rings. The monoisotopic (exact) mass is 221 g/mol. The number of hydrogen-bond donors (Lipinski definition) is 2. The van der Waals surface area contributed by atoms with Crippen molar-refractivity contribution in [3.05, 3.63) is 29.8 Å². The van der Waals surface area contributed by atoms with Crippen LogP contribution in [0.5, 0.6) is 5.75 Å². The lowest BCUT2D eigenvalue weighted by molar-refractivity contribution is 0.126. The minimum absolute atomic E-state index is 0.355. The molecule has 0 unspecified atom stereocenters. The summed E-state index contributed by atoms with van der Waals surface area (Å²) >= 11 is 0. The van der Waals surface area contributed by atoms with Crippen LogP contribution >= 0.6 is 0 Å². The number of nitrogens with one attached hydrogen (secondary N) is 1. The molecule has 1 fully saturated rings. The summed E-state index contributed by atoms with van der Waals surface area (Å²) in [5.74, 6) is 1.19. The number of phenols is 1. The summed E-state index contributed by atoms with van der Waals surface area (Å²) in [6.07, 6.45) is 2.68. The summed E-state index contributed by atoms with van der Waals surface area (Å²) < 4.78 is 5.50. The predicted molar refractivity (Wildman–Crippen MR) is 63.4 cm³/mol. The maximum absolute atomic E-state index is 9.52. The van der Waals surface area contributed by atoms with Gasteiger partial charge in [-0.1, -0.05) is 18.2 Å². The second kappa shape index (κ2) is 5.87. The second-order valence-electron chi connectivity index (χ2n) is 4.32. The quantitative estimate of drug-likeness (QED) is 0.691. The van der Waals surface area contributed by atoms with Gasteiger partial charge in [0.2, 0.25) is 0 Å². The van der Waals surface area contributed by atoms with E-state index in [9.17, 15) is 5.11 Å². The first kappa shape index (κ1) is 11.4. The van der Waals surface area contributed by atoms with Crippen LogP contribution in [0.1, 0.15) is 18.4 Å². The van der Waals surface area contributed by atoms with Crippen molar-refractivity contribution in [2.75, 3.05) is 19.8 Å². The van der Waals surface area contributed by atoms with Gasteiger partial charge >= 0.3 is 0 Å². The number of para-hydroxylation sites is 1. The van der Waals surface area contributed by atoms with Gasteiger partial charge in [0.25, 0.3) is 0 Å². The van der Waals surface area contributed by atoms with E-state index in [1.165, 1.54) is 12.8 Å². The van der Waals surface area contributed by atoms with Crippen molar-refractivity contribution < 1.29 is 9.84 Å². The Morgan fingerprint density at radius 1 is 1.31 bits per heavy atom. The molecule has 0 amide bonds. The molecule has 3 nitrogen and oxygen atoms in total. The molecule has 0 heterocycles. The van der Waals surface area contributed by atoms with Crippen LogP contribution < -0.4 is 5.32 Å². The highest BCUT2D eigenvalue weighted by molar-refractivity contribution is 5.31. The molecule has 2 N–H and O–H groups in total. The molecule has 1 aliphatic carbocycles. The third kappa shape index (κ3) is 3.83. The Morgan fingerprint density at radius 3 is 2.88 bits per heavy atom. The smallest absolute Gasteiger partial charge is 0.120 e. The van der Waals surface area contributed by atoms with Gasteiger partial charge in [0.15, 0.2) is 0 Å². The highest BCUT2D eigenvalue weighted by Crippen LogP contribution is 2.28. The lowest BCUT2D eigenvalue weighted by Crippen LogP contribution is -2.19. The predicted octanol–water partition coefficient (Wildman–Crippen LogP) is 1.91. The van der Waals surface area contributed by atoms with Gasteiger partial charge in [-0.15, -0.1) is 0 Å². The number of rotatable bonds is 7. The summed E-state index contributed by atoms with van der Waals surface area (Å²) in [4.78, 5) is 0. The van der Waals surface area contributed by atoms with Crippen molar-refractivity contribution in [3.63, 3.8) is 0 Å². The van der Waals surface area contributed by atoms with Crippen LogP contribution in [0.25, 0.3) is 0 Å². The Kier molecular flexibility index (Phi) is 4.19. The van der Waals surface area contributed by atoms with Crippen LogP contribution in [-0.2, 0) is 11.3 Å². The zero-order valence-electron chi connectivity index (χ0n) is 9.48. The van der Waals surface area contributed by atoms with Crippen molar-refractivity contribution >= 4 is 0 Å². The lowest BCUT2D eigenvalue weighted by atomic mass is 10.2. The highest BCUT2D eigenvalue weighted by atomic mass is 16.5. The summed E-state index contributed by atoms with van der Waals surface area (Å²) in [6, 6.07) is 7.39. The van der Waals surface area contributed by atoms with Gasteiger partial charge < -0.3 is 15.2 Å². The van der Waals surface area contributed by atoms with Gasteiger partial charge in [0.05, 0.1) is 6.61 Å². The van der Waals surface area contributed by atoms with E-state index < -0.39 is 0 Å². The maximum atomic E-state index is 9.52. The third-order valence-electron chi connectivity index (χ3n) is 2.78. The Hall–Kier alpha value is -1.06. The van der Waals surface area contributed by atoms with Crippen molar-refractivity contribution in [2.24, 2.45) is 5.92 Å². The standard InChI is InChI=1S/C13H19NO2/c15-13-4-2-1-3-12(13)9-14-7-8-16-10-11-5-6-11/h1-4,11,14-15H,5-10H2. The first-order valence-corrected chi connectivity index (χ1v) is 5.91. The summed E-state index contributed by atoms with van der Waals surface area (Å²) in [5, 5.41) is 12.8. The number of aromatic hydroxyl groups is 1. The van der Waals surface area contributed by atoms with E-state index in [2.05, 4.69) is 5.32 Å². The van der Waals surface area contributed by atoms with Crippen LogP contribution in [0.2, 0.25) is 0 Å². The molecule has 0 aliphatic heterocycles. The fraction of sp³-hybridized carbons (Fsp3) is 0.538. The zero-order valence-corrected chi connectivity index (χ0v) is 9.48. The Labute approximate surface area is 96.4 Å². The number of hydrogen-bond acceptors (Lipinski definition) is 3. The minimum atomic E-state index is 0.355. The van der Waals surface area contributed by atoms with Gasteiger partial charge in [-0.3, -0.25) is 0 Å². The topological polar surface area (TPSA) is 41.5 Å². The zero-order chi connectivity index (χ0) is 11.2. The summed E-state index contributed by atoms with van der Waals surface area (Å²) in [7, 11) is 0. The highest BCUT2D eigenvalue weighted by Gasteiger charge is 2.20. The van der Waals surface area contributed by atoms with Crippen molar-refractivity contribution in [3.8, 4) is 5.75 Å². The van der Waals surface area contributed by atoms with Gasteiger partial charge in [-0.05, 0) is 24.8 Å². The Balaban J connectivity index is 1.55. The number of benzene rings is 1. The fourth-order valence-corrected chi connectivity index (χ4v) is 1.56. The number of phenolic OH excluding ortho intramolecular Hbond substituents is 1. The SMILES string of the molecule is Oc1ccccc1CNCCOCC1CC1. The molecule has 0 atom stereocenters. The van der Waals surface area contributed by atoms with Crippen molar-refractivity contribution in [2.45, 2.75) is 19.4 Å². The second-order valence-corrected chi connectivity index (χ2v) is 4.32. The Bertz CT molecular complexity index is 323. The molecule has 1 saturated carbocycles. The molecule has 0 saturated heterocycles. The van der Waals surface area contributed by atoms with Crippen LogP contribution in [0, 0.1) is 5.92 Å². The van der Waals surface area contributed by atoms with Crippen LogP contribution in [0.4, 0.5) is 0 Å². The van der Waals surface area contributed by atoms with Crippen molar-refractivity contribution in [1.82, 2.24) is 5.32 Å². The first-order chi connectivity index (χ1) is 7.86. The summed E-state index contributed by atoms with van der Waals surface area (Å²) in [5.41, 5.74) is 0.935. The molecule has 1 aliphatic rings. The van der Waals surface area contributed by atoms with Gasteiger partial charge in [0, 0.05) is 25.3 Å². The average Bonchev–Trinajstić information content (AvgIpc) is 3.09. The lowest BCUT2D eigenvalue weighted by Gasteiger charge is -2.07. The van der Waals surface area contributed by atoms with E-state index in [1.54, 1.807) is 6.07 Å². The fourth-order valence-electron chi connectivity index (χ4n) is 1.56. The molecule has 0 radical (unpaired) electrons. The molecule has 0 bridgehead atoms. The molecule has 16 heavy (non-hydrogen) atoms. The van der Waals surface area contributed by atoms with Gasteiger partial charge in [-0.2, -0.15) is 0 Å². The van der Waals surface area contributed by atoms with Gasteiger partial charge in [-0.25, -0.2) is 0 Å². The maximum Gasteiger partial charge on any atom is 0.120 e. The van der Waals surface area contributed by atoms with E-state index >= 15 is 0 Å². The van der Waals surface area contributed by atoms with Crippen molar-refractivity contribution in [1.29, 1.82) is 0 Å². The Morgan fingerprint density at radius 2 is 2.12 bits per heavy atom. The molecule has 1 aromatic carbocycles. The van der Waals surface area contributed by atoms with Crippen LogP contribution in [0.15, 0.2) is 24.3 Å². The molecule has 2 rings (SSSR count). The molecular weight excluding hydrogens is 202 g/mol. The van der Waals surface area contributed by atoms with Gasteiger partial charge in [0.1, 0.15) is 5.75 Å². The third-order valence-corrected chi connectivity index (χ3v) is 2.78. The van der Waals surface area contributed by atoms with E-state index in [-0.39, 0.29) is 0 Å². The average molecular weight is 221 g/mol. The van der Waals surface area contributed by atoms with E-state index in [4.69, 9.17) is 4.74 Å². The molecule has 0 aromatic heterocycles. The van der Waals surface area contributed by atoms with E-state index in [0.29, 0.717) is 12.3 Å². The minimum Gasteiger partial charge on any atom is -0.508 e. The molecular formula is C13H19NO2. The van der Waals surface area contributed by atoms with Crippen LogP contribution in [0.3, 0.4) is 0 Å². The molecule has 88 valence electrons. The van der Waals surface area contributed by atoms with E-state index in [0.717, 1.165) is 31.2 Å². The van der Waals surface area contributed by atoms with Crippen LogP contribution in [-0.4, -0.2) is 24.9 Å². The number of ether oxygens (including phenoxy) is 1. The molecule has 0 spiro atoms. The largest absolute Gasteiger partial charge is 0.508 e. The summed E-state index contributed by atoms with van der Waals surface area (Å²) in [6.45, 7) is 3.20.